The highest BCUT2D eigenvalue weighted by atomic mass is 32.2. The fourth-order valence-corrected chi connectivity index (χ4v) is 12.3. The summed E-state index contributed by atoms with van der Waals surface area (Å²) in [7, 11) is -4.53. The Morgan fingerprint density at radius 2 is 1.42 bits per heavy atom. The van der Waals surface area contributed by atoms with Gasteiger partial charge in [-0.3, -0.25) is 14.4 Å². The lowest BCUT2D eigenvalue weighted by Gasteiger charge is -2.23. The van der Waals surface area contributed by atoms with Crippen LogP contribution in [0.25, 0.3) is 44.3 Å². The van der Waals surface area contributed by atoms with Crippen LogP contribution in [0.3, 0.4) is 0 Å². The van der Waals surface area contributed by atoms with E-state index >= 15 is 0 Å². The summed E-state index contributed by atoms with van der Waals surface area (Å²) in [6, 6.07) is 14.3. The first-order valence-corrected chi connectivity index (χ1v) is 28.5. The maximum Gasteiger partial charge on any atom is 0.335 e. The monoisotopic (exact) mass is 1040 g/mol. The number of carbonyl (C=O) groups is 4. The second-order valence-corrected chi connectivity index (χ2v) is 23.4. The number of amides is 2. The van der Waals surface area contributed by atoms with E-state index in [9.17, 15) is 41.1 Å². The van der Waals surface area contributed by atoms with Gasteiger partial charge in [-0.2, -0.15) is 12.7 Å². The number of carbonyl (C=O) groups excluding carboxylic acids is 3. The predicted molar refractivity (Wildman–Crippen MR) is 279 cm³/mol. The van der Waals surface area contributed by atoms with Crippen molar-refractivity contribution in [2.24, 2.45) is 5.14 Å². The van der Waals surface area contributed by atoms with Crippen LogP contribution in [0.4, 0.5) is 0 Å². The number of unbranched alkanes of at least 4 members (excludes halogenated alkanes) is 1. The number of nitrogens with zero attached hydrogens (tertiary/aromatic N) is 4. The van der Waals surface area contributed by atoms with Crippen LogP contribution in [0.5, 0.6) is 0 Å². The lowest BCUT2D eigenvalue weighted by molar-refractivity contribution is -0.122. The van der Waals surface area contributed by atoms with Crippen molar-refractivity contribution in [2.75, 3.05) is 46.0 Å². The van der Waals surface area contributed by atoms with Gasteiger partial charge in [0.1, 0.15) is 18.8 Å². The van der Waals surface area contributed by atoms with Crippen LogP contribution >= 0.6 is 0 Å². The molecule has 1 aliphatic heterocycles. The summed E-state index contributed by atoms with van der Waals surface area (Å²) < 4.78 is 65.3. The number of carboxylic acid groups (broad SMARTS) is 1. The lowest BCUT2D eigenvalue weighted by atomic mass is 9.82. The molecule has 5 N–H and O–H groups in total. The number of furan rings is 2. The third-order valence-corrected chi connectivity index (χ3v) is 17.5. The van der Waals surface area contributed by atoms with Gasteiger partial charge in [0.2, 0.25) is 21.8 Å². The van der Waals surface area contributed by atoms with Crippen molar-refractivity contribution in [2.45, 2.75) is 115 Å². The van der Waals surface area contributed by atoms with Gasteiger partial charge in [-0.05, 0) is 105 Å². The standard InChI is InChI=1S/C27H33N3O5S.C26H34N4O6S/c1-29-13-6-5-12-28-25(32)16-30-23-15-20(24(31)18-36(29,33)34)9-10-22(23)26(19-7-3-2-4-8-19)27(30)21-11-14-35-17-21;1-29(37(27,34)35)13-6-5-12-28-23(31)16-30-22-15-19(26(32)33)9-10-21(22)24(18-7-3-2-4-8-18)25(30)20-11-14-36-17-20/h9-11,14-15,17,19H,2-8,12-13,16,18H2,1H3,(H,28,32);9-11,14-15,17-18H,2-8,12-13,16H2,1H3,(H,28,31)(H,32,33)(H2,27,34,35). The Kier molecular flexibility index (Phi) is 17.1. The number of ketones is 1. The highest BCUT2D eigenvalue weighted by Gasteiger charge is 2.31. The maximum absolute atomic E-state index is 13.1. The van der Waals surface area contributed by atoms with E-state index in [1.165, 1.54) is 36.8 Å². The third kappa shape index (κ3) is 12.5. The molecule has 5 heterocycles. The van der Waals surface area contributed by atoms with Crippen LogP contribution in [0.15, 0.2) is 82.4 Å². The van der Waals surface area contributed by atoms with E-state index < -0.39 is 37.7 Å². The van der Waals surface area contributed by atoms with Crippen molar-refractivity contribution in [1.82, 2.24) is 28.4 Å². The molecule has 2 aliphatic carbocycles. The molecule has 0 atom stereocenters. The highest BCUT2D eigenvalue weighted by molar-refractivity contribution is 7.89. The lowest BCUT2D eigenvalue weighted by Crippen LogP contribution is -2.34. The Hall–Kier alpha value is -6.06. The number of nitrogens with two attached hydrogens (primary N) is 1. The number of nitrogens with one attached hydrogen (secondary N) is 2. The Bertz CT molecular complexity index is 3150. The summed E-state index contributed by atoms with van der Waals surface area (Å²) >= 11 is 0. The molecule has 392 valence electrons. The molecule has 0 saturated heterocycles. The minimum Gasteiger partial charge on any atom is -0.478 e. The van der Waals surface area contributed by atoms with Gasteiger partial charge < -0.3 is 33.7 Å². The molecular weight excluding hydrogens is 975 g/mol. The van der Waals surface area contributed by atoms with E-state index in [1.807, 2.05) is 33.4 Å². The zero-order valence-corrected chi connectivity index (χ0v) is 43.3. The smallest absolute Gasteiger partial charge is 0.335 e. The second-order valence-electron chi connectivity index (χ2n) is 19.6. The molecule has 4 aromatic heterocycles. The maximum atomic E-state index is 13.1. The average molecular weight is 1040 g/mol. The Morgan fingerprint density at radius 1 is 0.808 bits per heavy atom. The number of fused-ring (bicyclic) bond motifs is 2. The van der Waals surface area contributed by atoms with Gasteiger partial charge in [0, 0.05) is 73.3 Å². The van der Waals surface area contributed by atoms with E-state index in [2.05, 4.69) is 10.6 Å². The molecular formula is C53H67N7O11S2. The molecule has 73 heavy (non-hydrogen) atoms. The Balaban J connectivity index is 0.000000195. The number of rotatable bonds is 13. The van der Waals surface area contributed by atoms with Crippen molar-refractivity contribution in [3.05, 3.63) is 95.8 Å². The molecule has 18 nitrogen and oxygen atoms in total. The molecule has 0 spiro atoms. The zero-order valence-electron chi connectivity index (χ0n) is 41.6. The van der Waals surface area contributed by atoms with Crippen LogP contribution in [0, 0.1) is 0 Å². The number of hydrogen-bond donors (Lipinski definition) is 4. The van der Waals surface area contributed by atoms with Gasteiger partial charge in [0.05, 0.1) is 47.5 Å². The number of benzene rings is 2. The first-order valence-electron chi connectivity index (χ1n) is 25.4. The molecule has 9 rings (SSSR count). The molecule has 2 saturated carbocycles. The van der Waals surface area contributed by atoms with Gasteiger partial charge in [-0.1, -0.05) is 56.7 Å². The molecule has 3 aliphatic rings. The fourth-order valence-electron chi connectivity index (χ4n) is 10.8. The number of carboxylic acids is 1. The van der Waals surface area contributed by atoms with Gasteiger partial charge in [0.15, 0.2) is 5.78 Å². The van der Waals surface area contributed by atoms with E-state index in [4.69, 9.17) is 14.0 Å². The zero-order chi connectivity index (χ0) is 51.9. The summed E-state index contributed by atoms with van der Waals surface area (Å²) in [5, 5.41) is 22.6. The first-order chi connectivity index (χ1) is 35.0. The Morgan fingerprint density at radius 3 is 2.04 bits per heavy atom. The number of sulfonamides is 1. The summed E-state index contributed by atoms with van der Waals surface area (Å²) in [5.74, 6) is -1.70. The van der Waals surface area contributed by atoms with Gasteiger partial charge in [0.25, 0.3) is 10.2 Å². The van der Waals surface area contributed by atoms with Gasteiger partial charge in [-0.15, -0.1) is 0 Å². The summed E-state index contributed by atoms with van der Waals surface area (Å²) in [6.45, 7) is 1.55. The topological polar surface area (TPSA) is 249 Å². The van der Waals surface area contributed by atoms with Gasteiger partial charge in [-0.25, -0.2) is 22.7 Å². The number of aromatic nitrogens is 2. The van der Waals surface area contributed by atoms with Crippen molar-refractivity contribution in [3.8, 4) is 22.5 Å². The molecule has 20 heteroatoms. The molecule has 2 amide bonds. The number of hydrogen-bond acceptors (Lipinski definition) is 10. The number of aromatic carboxylic acids is 1. The molecule has 0 unspecified atom stereocenters. The van der Waals surface area contributed by atoms with E-state index in [-0.39, 0.29) is 37.0 Å². The summed E-state index contributed by atoms with van der Waals surface area (Å²) in [6.07, 6.45) is 20.2. The largest absolute Gasteiger partial charge is 0.478 e. The van der Waals surface area contributed by atoms with E-state index in [0.717, 1.165) is 100 Å². The summed E-state index contributed by atoms with van der Waals surface area (Å²) in [4.78, 5) is 51.0. The highest BCUT2D eigenvalue weighted by Crippen LogP contribution is 2.46. The Labute approximate surface area is 426 Å². The van der Waals surface area contributed by atoms with Crippen molar-refractivity contribution in [3.63, 3.8) is 0 Å². The van der Waals surface area contributed by atoms with Crippen LogP contribution < -0.4 is 15.8 Å². The van der Waals surface area contributed by atoms with E-state index in [1.54, 1.807) is 49.3 Å². The predicted octanol–water partition coefficient (Wildman–Crippen LogP) is 7.98. The van der Waals surface area contributed by atoms with Crippen LogP contribution in [0.2, 0.25) is 0 Å². The van der Waals surface area contributed by atoms with Gasteiger partial charge >= 0.3 is 5.97 Å². The molecule has 0 radical (unpaired) electrons. The third-order valence-electron chi connectivity index (χ3n) is 14.7. The normalized spacial score (nSPS) is 17.8. The van der Waals surface area contributed by atoms with Crippen molar-refractivity contribution < 1.29 is 50.0 Å². The minimum atomic E-state index is -3.73. The average Bonchev–Trinajstić information content (AvgIpc) is 4.20. The minimum absolute atomic E-state index is 0.0177. The molecule has 6 aromatic rings. The van der Waals surface area contributed by atoms with E-state index in [0.29, 0.717) is 68.2 Å². The quantitative estimate of drug-likeness (QED) is 0.0807. The van der Waals surface area contributed by atoms with Crippen LogP contribution in [-0.4, -0.2) is 109 Å². The SMILES string of the molecule is CN(CCCCNC(=O)Cn1c(-c2ccoc2)c(C2CCCCC2)c2ccc(C(=O)O)cc21)S(N)(=O)=O.CN1CCCCNC(=O)Cn2c(-c3ccoc3)c(C3CCCCC3)c3ccc(cc32)C(=O)CS1(=O)=O. The summed E-state index contributed by atoms with van der Waals surface area (Å²) in [5.41, 5.74) is 7.91. The first kappa shape index (κ1) is 53.2. The second kappa shape index (κ2) is 23.4. The molecule has 2 bridgehead atoms. The molecule has 2 fully saturated rings. The fraction of sp³-hybridized carbons (Fsp3) is 0.472. The number of Topliss-reactive ketones (excluding diaryl/α,β-unsaturated/α-hetero) is 1. The van der Waals surface area contributed by atoms with Crippen LogP contribution in [-0.2, 0) is 42.9 Å². The van der Waals surface area contributed by atoms with Crippen LogP contribution in [0.1, 0.15) is 134 Å². The van der Waals surface area contributed by atoms with Crippen molar-refractivity contribution >= 4 is 65.6 Å². The van der Waals surface area contributed by atoms with Crippen molar-refractivity contribution in [1.29, 1.82) is 0 Å². The molecule has 2 aromatic carbocycles.